The van der Waals surface area contributed by atoms with Gasteiger partial charge in [0.15, 0.2) is 0 Å². The van der Waals surface area contributed by atoms with Crippen molar-refractivity contribution in [2.75, 3.05) is 26.3 Å². The Morgan fingerprint density at radius 2 is 2.04 bits per heavy atom. The number of amides is 1. The van der Waals surface area contributed by atoms with Crippen molar-refractivity contribution >= 4 is 16.8 Å². The summed E-state index contributed by atoms with van der Waals surface area (Å²) in [5.41, 5.74) is 3.27. The van der Waals surface area contributed by atoms with Crippen LogP contribution < -0.4 is 5.32 Å². The number of hydrogen-bond acceptors (Lipinski definition) is 3. The summed E-state index contributed by atoms with van der Waals surface area (Å²) in [6.45, 7) is 5.65. The molecule has 2 N–H and O–H groups in total. The number of aryl methyl sites for hydroxylation is 1. The molecule has 0 aliphatic carbocycles. The quantitative estimate of drug-likeness (QED) is 0.898. The Balaban J connectivity index is 1.43. The summed E-state index contributed by atoms with van der Waals surface area (Å²) in [5.74, 6) is 0.0883. The first-order chi connectivity index (χ1) is 12.2. The normalized spacial score (nSPS) is 24.7. The molecule has 0 spiro atoms. The number of carbonyl (C=O) groups is 1. The number of likely N-dealkylation sites (tertiary alicyclic amines) is 1. The number of aromatic amines is 1. The molecular formula is C20H27N3O2. The summed E-state index contributed by atoms with van der Waals surface area (Å²) >= 11 is 0. The standard InChI is InChI=1S/C20H27N3O2/c1-14-16(15-7-3-4-8-17(15)21-14)11-20(24)22-18-12-25-13-19(18)23-9-5-2-6-10-23/h3-4,7-8,18-19,21H,2,5-6,9-13H2,1H3,(H,22,24)/t18-,19-/m1/s1. The fourth-order valence-corrected chi connectivity index (χ4v) is 4.27. The molecule has 2 atom stereocenters. The van der Waals surface area contributed by atoms with E-state index in [2.05, 4.69) is 27.3 Å². The van der Waals surface area contributed by atoms with Gasteiger partial charge in [0.05, 0.1) is 31.7 Å². The second-order valence-electron chi connectivity index (χ2n) is 7.33. The van der Waals surface area contributed by atoms with E-state index in [1.165, 1.54) is 19.3 Å². The van der Waals surface area contributed by atoms with Crippen molar-refractivity contribution in [3.63, 3.8) is 0 Å². The number of H-pyrrole nitrogens is 1. The summed E-state index contributed by atoms with van der Waals surface area (Å²) < 4.78 is 5.69. The maximum Gasteiger partial charge on any atom is 0.224 e. The number of piperidine rings is 1. The maximum absolute atomic E-state index is 12.7. The number of fused-ring (bicyclic) bond motifs is 1. The zero-order chi connectivity index (χ0) is 17.2. The first kappa shape index (κ1) is 16.6. The van der Waals surface area contributed by atoms with Gasteiger partial charge < -0.3 is 15.0 Å². The highest BCUT2D eigenvalue weighted by molar-refractivity contribution is 5.90. The molecule has 0 saturated carbocycles. The van der Waals surface area contributed by atoms with Crippen molar-refractivity contribution in [3.8, 4) is 0 Å². The maximum atomic E-state index is 12.7. The Bertz CT molecular complexity index is 748. The Morgan fingerprint density at radius 1 is 1.24 bits per heavy atom. The van der Waals surface area contributed by atoms with Gasteiger partial charge in [-0.15, -0.1) is 0 Å². The van der Waals surface area contributed by atoms with Crippen LogP contribution in [0.25, 0.3) is 10.9 Å². The number of hydrogen-bond donors (Lipinski definition) is 2. The summed E-state index contributed by atoms with van der Waals surface area (Å²) in [6, 6.07) is 8.61. The van der Waals surface area contributed by atoms with Crippen LogP contribution in [0.5, 0.6) is 0 Å². The lowest BCUT2D eigenvalue weighted by Gasteiger charge is -2.34. The van der Waals surface area contributed by atoms with E-state index >= 15 is 0 Å². The number of aromatic nitrogens is 1. The number of rotatable bonds is 4. The molecule has 2 aromatic rings. The van der Waals surface area contributed by atoms with Crippen LogP contribution in [0.1, 0.15) is 30.5 Å². The zero-order valence-electron chi connectivity index (χ0n) is 14.9. The molecule has 0 unspecified atom stereocenters. The van der Waals surface area contributed by atoms with Crippen molar-refractivity contribution in [2.24, 2.45) is 0 Å². The number of nitrogens with zero attached hydrogens (tertiary/aromatic N) is 1. The summed E-state index contributed by atoms with van der Waals surface area (Å²) in [7, 11) is 0. The Morgan fingerprint density at radius 3 is 2.88 bits per heavy atom. The first-order valence-corrected chi connectivity index (χ1v) is 9.40. The van der Waals surface area contributed by atoms with Gasteiger partial charge in [0.2, 0.25) is 5.91 Å². The van der Waals surface area contributed by atoms with Crippen LogP contribution in [-0.2, 0) is 16.0 Å². The third-order valence-corrected chi connectivity index (χ3v) is 5.62. The van der Waals surface area contributed by atoms with Crippen molar-refractivity contribution in [3.05, 3.63) is 35.5 Å². The van der Waals surface area contributed by atoms with Crippen LogP contribution in [0.4, 0.5) is 0 Å². The lowest BCUT2D eigenvalue weighted by Crippen LogP contribution is -2.52. The molecule has 5 nitrogen and oxygen atoms in total. The molecule has 4 rings (SSSR count). The molecule has 134 valence electrons. The van der Waals surface area contributed by atoms with E-state index in [4.69, 9.17) is 4.74 Å². The van der Waals surface area contributed by atoms with Gasteiger partial charge in [0, 0.05) is 16.6 Å². The largest absolute Gasteiger partial charge is 0.378 e. The van der Waals surface area contributed by atoms with E-state index in [0.29, 0.717) is 19.1 Å². The molecule has 3 heterocycles. The van der Waals surface area contributed by atoms with E-state index in [9.17, 15) is 4.79 Å². The molecular weight excluding hydrogens is 314 g/mol. The molecule has 1 aromatic carbocycles. The highest BCUT2D eigenvalue weighted by Crippen LogP contribution is 2.23. The lowest BCUT2D eigenvalue weighted by atomic mass is 10.0. The lowest BCUT2D eigenvalue weighted by molar-refractivity contribution is -0.121. The van der Waals surface area contributed by atoms with Crippen molar-refractivity contribution in [1.82, 2.24) is 15.2 Å². The number of benzene rings is 1. The topological polar surface area (TPSA) is 57.4 Å². The monoisotopic (exact) mass is 341 g/mol. The first-order valence-electron chi connectivity index (χ1n) is 9.40. The molecule has 2 aliphatic rings. The van der Waals surface area contributed by atoms with E-state index < -0.39 is 0 Å². The second-order valence-corrected chi connectivity index (χ2v) is 7.33. The van der Waals surface area contributed by atoms with Gasteiger partial charge in [-0.05, 0) is 44.5 Å². The SMILES string of the molecule is Cc1[nH]c2ccccc2c1CC(=O)N[C@@H]1COC[C@H]1N1CCCCC1. The molecule has 0 radical (unpaired) electrons. The average Bonchev–Trinajstić information content (AvgIpc) is 3.20. The Hall–Kier alpha value is -1.85. The Labute approximate surface area is 148 Å². The molecule has 2 saturated heterocycles. The van der Waals surface area contributed by atoms with Crippen molar-refractivity contribution < 1.29 is 9.53 Å². The van der Waals surface area contributed by atoms with Gasteiger partial charge in [0.25, 0.3) is 0 Å². The smallest absolute Gasteiger partial charge is 0.224 e. The summed E-state index contributed by atoms with van der Waals surface area (Å²) in [5, 5.41) is 4.38. The predicted octanol–water partition coefficient (Wildman–Crippen LogP) is 2.39. The predicted molar refractivity (Wildman–Crippen MR) is 98.7 cm³/mol. The van der Waals surface area contributed by atoms with E-state index in [0.717, 1.165) is 41.9 Å². The minimum atomic E-state index is 0.0883. The Kier molecular flexibility index (Phi) is 4.77. The fourth-order valence-electron chi connectivity index (χ4n) is 4.27. The molecule has 5 heteroatoms. The van der Waals surface area contributed by atoms with Crippen LogP contribution in [0, 0.1) is 6.92 Å². The second kappa shape index (κ2) is 7.18. The van der Waals surface area contributed by atoms with Crippen LogP contribution in [0.15, 0.2) is 24.3 Å². The minimum Gasteiger partial charge on any atom is -0.378 e. The third kappa shape index (κ3) is 3.44. The number of ether oxygens (including phenoxy) is 1. The number of nitrogens with one attached hydrogen (secondary N) is 2. The van der Waals surface area contributed by atoms with Crippen LogP contribution >= 0.6 is 0 Å². The van der Waals surface area contributed by atoms with Crippen LogP contribution in [0.3, 0.4) is 0 Å². The summed E-state index contributed by atoms with van der Waals surface area (Å²) in [4.78, 5) is 18.6. The average molecular weight is 341 g/mol. The highest BCUT2D eigenvalue weighted by Gasteiger charge is 2.34. The van der Waals surface area contributed by atoms with Gasteiger partial charge in [-0.3, -0.25) is 9.69 Å². The van der Waals surface area contributed by atoms with Gasteiger partial charge in [-0.2, -0.15) is 0 Å². The van der Waals surface area contributed by atoms with Crippen molar-refractivity contribution in [2.45, 2.75) is 44.7 Å². The number of para-hydroxylation sites is 1. The van der Waals surface area contributed by atoms with Gasteiger partial charge in [-0.25, -0.2) is 0 Å². The summed E-state index contributed by atoms with van der Waals surface area (Å²) in [6.07, 6.45) is 4.25. The molecule has 25 heavy (non-hydrogen) atoms. The molecule has 1 amide bonds. The van der Waals surface area contributed by atoms with Gasteiger partial charge in [0.1, 0.15) is 0 Å². The van der Waals surface area contributed by atoms with Crippen LogP contribution in [-0.4, -0.2) is 54.2 Å². The van der Waals surface area contributed by atoms with E-state index in [1.54, 1.807) is 0 Å². The minimum absolute atomic E-state index is 0.0883. The van der Waals surface area contributed by atoms with Crippen LogP contribution in [0.2, 0.25) is 0 Å². The van der Waals surface area contributed by atoms with E-state index in [1.807, 2.05) is 19.1 Å². The number of carbonyl (C=O) groups excluding carboxylic acids is 1. The molecule has 0 bridgehead atoms. The highest BCUT2D eigenvalue weighted by atomic mass is 16.5. The molecule has 2 fully saturated rings. The molecule has 1 aromatic heterocycles. The third-order valence-electron chi connectivity index (χ3n) is 5.62. The van der Waals surface area contributed by atoms with Gasteiger partial charge in [-0.1, -0.05) is 24.6 Å². The van der Waals surface area contributed by atoms with E-state index in [-0.39, 0.29) is 11.9 Å². The van der Waals surface area contributed by atoms with Gasteiger partial charge >= 0.3 is 0 Å². The van der Waals surface area contributed by atoms with Crippen molar-refractivity contribution in [1.29, 1.82) is 0 Å². The zero-order valence-corrected chi connectivity index (χ0v) is 14.9. The fraction of sp³-hybridized carbons (Fsp3) is 0.550. The molecule has 2 aliphatic heterocycles.